The van der Waals surface area contributed by atoms with Crippen LogP contribution in [0.4, 0.5) is 0 Å². The number of aromatic nitrogens is 3. The molecule has 0 saturated heterocycles. The van der Waals surface area contributed by atoms with E-state index in [1.165, 1.54) is 0 Å². The van der Waals surface area contributed by atoms with Gasteiger partial charge in [-0.05, 0) is 6.42 Å². The fourth-order valence-electron chi connectivity index (χ4n) is 2.43. The second-order valence-electron chi connectivity index (χ2n) is 4.75. The van der Waals surface area contributed by atoms with Gasteiger partial charge >= 0.3 is 0 Å². The molecule has 3 aromatic rings. The molecule has 0 aliphatic heterocycles. The number of hydrogen-bond donors (Lipinski definition) is 1. The first kappa shape index (κ1) is 13.6. The van der Waals surface area contributed by atoms with E-state index >= 15 is 0 Å². The normalized spacial score (nSPS) is 12.8. The average Bonchev–Trinajstić information content (AvgIpc) is 2.96. The van der Waals surface area contributed by atoms with E-state index < -0.39 is 6.10 Å². The van der Waals surface area contributed by atoms with Crippen LogP contribution < -0.4 is 9.47 Å². The van der Waals surface area contributed by atoms with Crippen molar-refractivity contribution in [3.63, 3.8) is 0 Å². The van der Waals surface area contributed by atoms with Crippen LogP contribution >= 0.6 is 0 Å². The minimum atomic E-state index is -0.619. The number of nitrogens with zero attached hydrogens (tertiary/aromatic N) is 3. The second kappa shape index (κ2) is 5.21. The van der Waals surface area contributed by atoms with Gasteiger partial charge in [0.05, 0.1) is 43.2 Å². The summed E-state index contributed by atoms with van der Waals surface area (Å²) in [5, 5.41) is 10.1. The van der Waals surface area contributed by atoms with Crippen molar-refractivity contribution in [1.82, 2.24) is 14.4 Å². The Labute approximate surface area is 122 Å². The van der Waals surface area contributed by atoms with Crippen LogP contribution in [0.15, 0.2) is 24.5 Å². The van der Waals surface area contributed by atoms with E-state index in [2.05, 4.69) is 9.97 Å². The number of imidazole rings is 1. The van der Waals surface area contributed by atoms with Crippen LogP contribution in [-0.4, -0.2) is 33.7 Å². The molecule has 0 aliphatic carbocycles. The predicted molar refractivity (Wildman–Crippen MR) is 78.8 cm³/mol. The van der Waals surface area contributed by atoms with E-state index in [9.17, 15) is 5.11 Å². The molecular formula is C15H17N3O3. The Balaban J connectivity index is 2.38. The van der Waals surface area contributed by atoms with Gasteiger partial charge in [-0.2, -0.15) is 0 Å². The lowest BCUT2D eigenvalue weighted by Crippen LogP contribution is -2.04. The summed E-state index contributed by atoms with van der Waals surface area (Å²) in [6.07, 6.45) is 3.41. The SMILES string of the molecule is CCC(O)c1ncc2cnc3cc(OC)c(OC)cc3n12. The third-order valence-corrected chi connectivity index (χ3v) is 3.56. The Morgan fingerprint density at radius 2 is 1.81 bits per heavy atom. The van der Waals surface area contributed by atoms with Gasteiger partial charge in [0.15, 0.2) is 11.5 Å². The number of aliphatic hydroxyl groups is 1. The van der Waals surface area contributed by atoms with Gasteiger partial charge in [-0.25, -0.2) is 4.98 Å². The highest BCUT2D eigenvalue weighted by Gasteiger charge is 2.16. The molecule has 2 heterocycles. The first-order valence-electron chi connectivity index (χ1n) is 6.75. The Bertz CT molecular complexity index is 798. The van der Waals surface area contributed by atoms with Gasteiger partial charge in [-0.3, -0.25) is 9.38 Å². The molecule has 1 atom stereocenters. The van der Waals surface area contributed by atoms with Gasteiger partial charge in [0.2, 0.25) is 0 Å². The Hall–Kier alpha value is -2.34. The Morgan fingerprint density at radius 1 is 1.14 bits per heavy atom. The molecule has 110 valence electrons. The number of hydrogen-bond acceptors (Lipinski definition) is 5. The molecule has 1 N–H and O–H groups in total. The summed E-state index contributed by atoms with van der Waals surface area (Å²) in [4.78, 5) is 8.73. The molecule has 0 amide bonds. The molecular weight excluding hydrogens is 270 g/mol. The molecule has 0 saturated carbocycles. The number of benzene rings is 1. The summed E-state index contributed by atoms with van der Waals surface area (Å²) in [6, 6.07) is 3.66. The third-order valence-electron chi connectivity index (χ3n) is 3.56. The monoisotopic (exact) mass is 287 g/mol. The summed E-state index contributed by atoms with van der Waals surface area (Å²) >= 11 is 0. The molecule has 0 fully saturated rings. The highest BCUT2D eigenvalue weighted by Crippen LogP contribution is 2.32. The van der Waals surface area contributed by atoms with E-state index in [-0.39, 0.29) is 0 Å². The van der Waals surface area contributed by atoms with E-state index in [0.29, 0.717) is 23.7 Å². The Morgan fingerprint density at radius 3 is 2.48 bits per heavy atom. The Kier molecular flexibility index (Phi) is 3.39. The van der Waals surface area contributed by atoms with E-state index in [1.54, 1.807) is 26.6 Å². The molecule has 0 radical (unpaired) electrons. The van der Waals surface area contributed by atoms with Crippen molar-refractivity contribution >= 4 is 16.6 Å². The van der Waals surface area contributed by atoms with Crippen molar-refractivity contribution in [2.45, 2.75) is 19.4 Å². The van der Waals surface area contributed by atoms with Crippen molar-refractivity contribution in [1.29, 1.82) is 0 Å². The van der Waals surface area contributed by atoms with Gasteiger partial charge in [-0.15, -0.1) is 0 Å². The fraction of sp³-hybridized carbons (Fsp3) is 0.333. The summed E-state index contributed by atoms with van der Waals surface area (Å²) in [6.45, 7) is 1.92. The van der Waals surface area contributed by atoms with Gasteiger partial charge in [0, 0.05) is 12.1 Å². The second-order valence-corrected chi connectivity index (χ2v) is 4.75. The number of aliphatic hydroxyl groups excluding tert-OH is 1. The molecule has 6 nitrogen and oxygen atoms in total. The first-order chi connectivity index (χ1) is 10.2. The van der Waals surface area contributed by atoms with E-state index in [0.717, 1.165) is 16.6 Å². The predicted octanol–water partition coefficient (Wildman–Crippen LogP) is 2.34. The maximum Gasteiger partial charge on any atom is 0.163 e. The summed E-state index contributed by atoms with van der Waals surface area (Å²) in [7, 11) is 3.18. The van der Waals surface area contributed by atoms with Crippen molar-refractivity contribution in [3.05, 3.63) is 30.4 Å². The highest BCUT2D eigenvalue weighted by molar-refractivity contribution is 5.82. The van der Waals surface area contributed by atoms with E-state index in [1.807, 2.05) is 23.5 Å². The zero-order chi connectivity index (χ0) is 15.0. The minimum absolute atomic E-state index is 0.593. The lowest BCUT2D eigenvalue weighted by molar-refractivity contribution is 0.163. The maximum absolute atomic E-state index is 10.1. The van der Waals surface area contributed by atoms with Crippen molar-refractivity contribution < 1.29 is 14.6 Å². The standard InChI is InChI=1S/C15H17N3O3/c1-4-12(19)15-17-8-9-7-16-10-5-13(20-2)14(21-3)6-11(10)18(9)15/h5-8,12,19H,4H2,1-3H3. The van der Waals surface area contributed by atoms with Crippen molar-refractivity contribution in [2.75, 3.05) is 14.2 Å². The number of rotatable bonds is 4. The van der Waals surface area contributed by atoms with Crippen LogP contribution in [0.2, 0.25) is 0 Å². The third kappa shape index (κ3) is 2.08. The van der Waals surface area contributed by atoms with Crippen LogP contribution in [0.5, 0.6) is 11.5 Å². The molecule has 1 aromatic carbocycles. The minimum Gasteiger partial charge on any atom is -0.493 e. The quantitative estimate of drug-likeness (QED) is 0.797. The van der Waals surface area contributed by atoms with Gasteiger partial charge in [-0.1, -0.05) is 6.92 Å². The van der Waals surface area contributed by atoms with Gasteiger partial charge in [0.25, 0.3) is 0 Å². The van der Waals surface area contributed by atoms with Crippen molar-refractivity contribution in [2.24, 2.45) is 0 Å². The van der Waals surface area contributed by atoms with Crippen LogP contribution in [-0.2, 0) is 0 Å². The lowest BCUT2D eigenvalue weighted by atomic mass is 10.2. The molecule has 3 rings (SSSR count). The number of methoxy groups -OCH3 is 2. The van der Waals surface area contributed by atoms with Crippen LogP contribution in [0.25, 0.3) is 16.6 Å². The molecule has 0 bridgehead atoms. The zero-order valence-electron chi connectivity index (χ0n) is 12.2. The van der Waals surface area contributed by atoms with Crippen LogP contribution in [0.3, 0.4) is 0 Å². The molecule has 1 unspecified atom stereocenters. The molecule has 6 heteroatoms. The smallest absolute Gasteiger partial charge is 0.163 e. The highest BCUT2D eigenvalue weighted by atomic mass is 16.5. The summed E-state index contributed by atoms with van der Waals surface area (Å²) in [5.74, 6) is 1.84. The largest absolute Gasteiger partial charge is 0.493 e. The summed E-state index contributed by atoms with van der Waals surface area (Å²) in [5.41, 5.74) is 2.41. The van der Waals surface area contributed by atoms with Crippen molar-refractivity contribution in [3.8, 4) is 11.5 Å². The first-order valence-corrected chi connectivity index (χ1v) is 6.75. The van der Waals surface area contributed by atoms with Gasteiger partial charge in [0.1, 0.15) is 11.9 Å². The molecule has 21 heavy (non-hydrogen) atoms. The van der Waals surface area contributed by atoms with Gasteiger partial charge < -0.3 is 14.6 Å². The fourth-order valence-corrected chi connectivity index (χ4v) is 2.43. The average molecular weight is 287 g/mol. The topological polar surface area (TPSA) is 68.9 Å². The maximum atomic E-state index is 10.1. The molecule has 0 spiro atoms. The van der Waals surface area contributed by atoms with Crippen LogP contribution in [0.1, 0.15) is 25.3 Å². The van der Waals surface area contributed by atoms with E-state index in [4.69, 9.17) is 9.47 Å². The molecule has 2 aromatic heterocycles. The van der Waals surface area contributed by atoms with Crippen LogP contribution in [0, 0.1) is 0 Å². The number of fused-ring (bicyclic) bond motifs is 3. The zero-order valence-corrected chi connectivity index (χ0v) is 12.2. The molecule has 0 aliphatic rings. The summed E-state index contributed by atoms with van der Waals surface area (Å²) < 4.78 is 12.5. The lowest BCUT2D eigenvalue weighted by Gasteiger charge is -2.12. The number of ether oxygens (including phenoxy) is 2.